The van der Waals surface area contributed by atoms with E-state index in [-0.39, 0.29) is 0 Å². The number of halogens is 1. The number of aryl methyl sites for hydroxylation is 1. The van der Waals surface area contributed by atoms with E-state index in [0.717, 1.165) is 9.37 Å². The molecule has 72 valence electrons. The van der Waals surface area contributed by atoms with Crippen LogP contribution in [0.3, 0.4) is 0 Å². The average molecular weight is 245 g/mol. The zero-order chi connectivity index (χ0) is 9.97. The Kier molecular flexibility index (Phi) is 2.95. The fourth-order valence-corrected chi connectivity index (χ4v) is 2.59. The summed E-state index contributed by atoms with van der Waals surface area (Å²) in [6.07, 6.45) is 1.52. The first-order chi connectivity index (χ1) is 6.74. The normalized spacial score (nSPS) is 10.4. The van der Waals surface area contributed by atoms with Crippen molar-refractivity contribution in [3.8, 4) is 0 Å². The van der Waals surface area contributed by atoms with Gasteiger partial charge in [-0.1, -0.05) is 11.6 Å². The van der Waals surface area contributed by atoms with Crippen LogP contribution in [0.1, 0.15) is 5.82 Å². The predicted octanol–water partition coefficient (Wildman–Crippen LogP) is 2.44. The van der Waals surface area contributed by atoms with Crippen molar-refractivity contribution in [2.75, 3.05) is 0 Å². The minimum Gasteiger partial charge on any atom is -0.226 e. The van der Waals surface area contributed by atoms with Crippen LogP contribution < -0.4 is 0 Å². The molecular weight excluding hydrogens is 240 g/mol. The maximum atomic E-state index is 5.79. The lowest BCUT2D eigenvalue weighted by atomic mass is 10.6. The average Bonchev–Trinajstić information content (AvgIpc) is 2.54. The van der Waals surface area contributed by atoms with Crippen LogP contribution in [0.4, 0.5) is 0 Å². The van der Waals surface area contributed by atoms with Gasteiger partial charge in [-0.25, -0.2) is 15.0 Å². The Labute approximate surface area is 93.9 Å². The van der Waals surface area contributed by atoms with Gasteiger partial charge in [0.05, 0.1) is 0 Å². The van der Waals surface area contributed by atoms with Gasteiger partial charge < -0.3 is 0 Å². The van der Waals surface area contributed by atoms with E-state index in [4.69, 9.17) is 11.6 Å². The van der Waals surface area contributed by atoms with E-state index in [9.17, 15) is 0 Å². The number of rotatable bonds is 2. The van der Waals surface area contributed by atoms with E-state index in [1.807, 2.05) is 0 Å². The van der Waals surface area contributed by atoms with Crippen molar-refractivity contribution in [2.24, 2.45) is 0 Å². The standard InChI is InChI=1S/C7H5ClN4S2/c1-4-11-5(8)2-6(12-4)13-7-9-3-10-14-7/h2-3H,1H3. The van der Waals surface area contributed by atoms with E-state index in [0.29, 0.717) is 11.0 Å². The van der Waals surface area contributed by atoms with Crippen molar-refractivity contribution in [1.82, 2.24) is 19.3 Å². The second-order valence-electron chi connectivity index (χ2n) is 2.39. The molecule has 0 bridgehead atoms. The van der Waals surface area contributed by atoms with Gasteiger partial charge in [0, 0.05) is 6.07 Å². The molecule has 2 rings (SSSR count). The molecule has 0 aliphatic carbocycles. The third-order valence-electron chi connectivity index (χ3n) is 1.32. The molecule has 2 heterocycles. The zero-order valence-corrected chi connectivity index (χ0v) is 9.53. The Morgan fingerprint density at radius 3 is 2.93 bits per heavy atom. The summed E-state index contributed by atoms with van der Waals surface area (Å²) in [6, 6.07) is 1.71. The second-order valence-corrected chi connectivity index (χ2v) is 4.82. The first-order valence-corrected chi connectivity index (χ1v) is 5.66. The molecule has 0 radical (unpaired) electrons. The number of nitrogens with zero attached hydrogens (tertiary/aromatic N) is 4. The molecule has 0 aliphatic rings. The van der Waals surface area contributed by atoms with Gasteiger partial charge in [0.15, 0.2) is 4.34 Å². The van der Waals surface area contributed by atoms with E-state index in [1.54, 1.807) is 13.0 Å². The van der Waals surface area contributed by atoms with Crippen LogP contribution in [0, 0.1) is 6.92 Å². The van der Waals surface area contributed by atoms with Crippen LogP contribution in [0.25, 0.3) is 0 Å². The first-order valence-electron chi connectivity index (χ1n) is 3.70. The minimum atomic E-state index is 0.449. The van der Waals surface area contributed by atoms with Crippen LogP contribution in [0.5, 0.6) is 0 Å². The number of aromatic nitrogens is 4. The van der Waals surface area contributed by atoms with Crippen LogP contribution >= 0.6 is 34.9 Å². The summed E-state index contributed by atoms with van der Waals surface area (Å²) in [7, 11) is 0. The lowest BCUT2D eigenvalue weighted by Crippen LogP contribution is -1.89. The highest BCUT2D eigenvalue weighted by Gasteiger charge is 2.04. The molecule has 0 amide bonds. The minimum absolute atomic E-state index is 0.449. The van der Waals surface area contributed by atoms with Crippen LogP contribution in [-0.4, -0.2) is 19.3 Å². The smallest absolute Gasteiger partial charge is 0.175 e. The first kappa shape index (κ1) is 9.82. The number of hydrogen-bond donors (Lipinski definition) is 0. The molecule has 2 aromatic rings. The molecule has 0 fully saturated rings. The quantitative estimate of drug-likeness (QED) is 0.760. The highest BCUT2D eigenvalue weighted by molar-refractivity contribution is 8.00. The fourth-order valence-electron chi connectivity index (χ4n) is 0.855. The fraction of sp³-hybridized carbons (Fsp3) is 0.143. The molecule has 0 saturated carbocycles. The molecular formula is C7H5ClN4S2. The van der Waals surface area contributed by atoms with Crippen LogP contribution in [-0.2, 0) is 0 Å². The van der Waals surface area contributed by atoms with Gasteiger partial charge in [-0.15, -0.1) is 0 Å². The Bertz CT molecular complexity index is 411. The van der Waals surface area contributed by atoms with Gasteiger partial charge in [-0.2, -0.15) is 4.37 Å². The summed E-state index contributed by atoms with van der Waals surface area (Å²) < 4.78 is 4.74. The van der Waals surface area contributed by atoms with Crippen LogP contribution in [0.2, 0.25) is 5.15 Å². The molecule has 0 aliphatic heterocycles. The maximum absolute atomic E-state index is 5.79. The molecule has 7 heteroatoms. The summed E-state index contributed by atoms with van der Waals surface area (Å²) in [4.78, 5) is 12.2. The molecule has 0 atom stereocenters. The van der Waals surface area contributed by atoms with Crippen molar-refractivity contribution < 1.29 is 0 Å². The Morgan fingerprint density at radius 2 is 2.29 bits per heavy atom. The van der Waals surface area contributed by atoms with Crippen molar-refractivity contribution in [3.05, 3.63) is 23.4 Å². The van der Waals surface area contributed by atoms with Crippen molar-refractivity contribution in [2.45, 2.75) is 16.3 Å². The van der Waals surface area contributed by atoms with Gasteiger partial charge in [-0.05, 0) is 30.2 Å². The predicted molar refractivity (Wildman–Crippen MR) is 55.8 cm³/mol. The molecule has 4 nitrogen and oxygen atoms in total. The largest absolute Gasteiger partial charge is 0.226 e. The highest BCUT2D eigenvalue weighted by Crippen LogP contribution is 2.27. The van der Waals surface area contributed by atoms with Gasteiger partial charge in [0.25, 0.3) is 0 Å². The molecule has 0 aromatic carbocycles. The second kappa shape index (κ2) is 4.20. The summed E-state index contributed by atoms with van der Waals surface area (Å²) in [5.74, 6) is 0.657. The molecule has 0 saturated heterocycles. The molecule has 14 heavy (non-hydrogen) atoms. The van der Waals surface area contributed by atoms with Gasteiger partial charge >= 0.3 is 0 Å². The summed E-state index contributed by atoms with van der Waals surface area (Å²) in [5, 5.41) is 1.24. The Hall–Kier alpha value is -0.720. The third-order valence-corrected chi connectivity index (χ3v) is 3.14. The third kappa shape index (κ3) is 2.40. The van der Waals surface area contributed by atoms with Gasteiger partial charge in [0.2, 0.25) is 0 Å². The molecule has 2 aromatic heterocycles. The van der Waals surface area contributed by atoms with Gasteiger partial charge in [-0.3, -0.25) is 0 Å². The highest BCUT2D eigenvalue weighted by atomic mass is 35.5. The molecule has 0 unspecified atom stereocenters. The van der Waals surface area contributed by atoms with E-state index < -0.39 is 0 Å². The SMILES string of the molecule is Cc1nc(Cl)cc(Sc2ncns2)n1. The van der Waals surface area contributed by atoms with Crippen molar-refractivity contribution >= 4 is 34.9 Å². The summed E-state index contributed by atoms with van der Waals surface area (Å²) in [5.41, 5.74) is 0. The Balaban J connectivity index is 2.25. The Morgan fingerprint density at radius 1 is 1.43 bits per heavy atom. The topological polar surface area (TPSA) is 51.6 Å². The monoisotopic (exact) mass is 244 g/mol. The van der Waals surface area contributed by atoms with Crippen molar-refractivity contribution in [1.29, 1.82) is 0 Å². The van der Waals surface area contributed by atoms with Crippen LogP contribution in [0.15, 0.2) is 21.8 Å². The lowest BCUT2D eigenvalue weighted by molar-refractivity contribution is 0.967. The van der Waals surface area contributed by atoms with E-state index in [2.05, 4.69) is 19.3 Å². The number of hydrogen-bond acceptors (Lipinski definition) is 6. The maximum Gasteiger partial charge on any atom is 0.175 e. The van der Waals surface area contributed by atoms with E-state index >= 15 is 0 Å². The lowest BCUT2D eigenvalue weighted by Gasteiger charge is -1.98. The van der Waals surface area contributed by atoms with E-state index in [1.165, 1.54) is 29.6 Å². The van der Waals surface area contributed by atoms with Crippen molar-refractivity contribution in [3.63, 3.8) is 0 Å². The zero-order valence-electron chi connectivity index (χ0n) is 7.14. The summed E-state index contributed by atoms with van der Waals surface area (Å²) >= 11 is 8.55. The van der Waals surface area contributed by atoms with Gasteiger partial charge in [0.1, 0.15) is 22.3 Å². The molecule has 0 N–H and O–H groups in total. The summed E-state index contributed by atoms with van der Waals surface area (Å²) in [6.45, 7) is 1.80. The molecule has 0 spiro atoms.